The van der Waals surface area contributed by atoms with E-state index in [-0.39, 0.29) is 16.6 Å². The Morgan fingerprint density at radius 2 is 1.82 bits per heavy atom. The number of aldehydes is 1. The van der Waals surface area contributed by atoms with Crippen LogP contribution in [0, 0.1) is 11.2 Å². The van der Waals surface area contributed by atoms with Crippen LogP contribution in [0.4, 0.5) is 15.8 Å². The molecule has 0 atom stereocenters. The van der Waals surface area contributed by atoms with Crippen molar-refractivity contribution in [3.8, 4) is 17.4 Å². The van der Waals surface area contributed by atoms with Gasteiger partial charge in [-0.15, -0.1) is 0 Å². The molecule has 0 aliphatic heterocycles. The summed E-state index contributed by atoms with van der Waals surface area (Å²) in [6, 6.07) is 11.4. The van der Waals surface area contributed by atoms with E-state index in [1.165, 1.54) is 54.7 Å². The Morgan fingerprint density at radius 1 is 1.08 bits per heavy atom. The third-order valence-corrected chi connectivity index (χ3v) is 6.63. The fourth-order valence-electron chi connectivity index (χ4n) is 4.12. The fourth-order valence-corrected chi connectivity index (χ4v) is 4.32. The number of benzene rings is 2. The van der Waals surface area contributed by atoms with Crippen LogP contribution in [0.5, 0.6) is 17.4 Å². The molecule has 2 N–H and O–H groups in total. The van der Waals surface area contributed by atoms with Crippen LogP contribution in [0.25, 0.3) is 10.9 Å². The zero-order valence-corrected chi connectivity index (χ0v) is 20.7. The molecule has 2 amide bonds. The summed E-state index contributed by atoms with van der Waals surface area (Å²) in [4.78, 5) is 46.9. The first-order valence-electron chi connectivity index (χ1n) is 11.4. The van der Waals surface area contributed by atoms with Gasteiger partial charge in [0.15, 0.2) is 6.29 Å². The Morgan fingerprint density at radius 3 is 2.42 bits per heavy atom. The monoisotopic (exact) mass is 534 g/mol. The van der Waals surface area contributed by atoms with Gasteiger partial charge in [-0.05, 0) is 55.3 Å². The van der Waals surface area contributed by atoms with Crippen LogP contribution in [0.1, 0.15) is 23.2 Å². The van der Waals surface area contributed by atoms with Crippen molar-refractivity contribution < 1.29 is 28.2 Å². The van der Waals surface area contributed by atoms with Crippen LogP contribution in [0.3, 0.4) is 0 Å². The van der Waals surface area contributed by atoms with Crippen LogP contribution >= 0.6 is 11.6 Å². The molecule has 192 valence electrons. The second-order valence-corrected chi connectivity index (χ2v) is 9.09. The Bertz CT molecular complexity index is 1590. The topological polar surface area (TPSA) is 125 Å². The molecular formula is C27H20ClFN4O5. The number of pyridine rings is 2. The normalized spacial score (nSPS) is 13.6. The van der Waals surface area contributed by atoms with Crippen molar-refractivity contribution in [1.29, 1.82) is 0 Å². The Labute approximate surface area is 220 Å². The van der Waals surface area contributed by atoms with Crippen LogP contribution in [0.15, 0.2) is 60.9 Å². The van der Waals surface area contributed by atoms with Gasteiger partial charge in [0.1, 0.15) is 27.8 Å². The molecule has 2 aromatic carbocycles. The molecule has 1 aliphatic rings. The van der Waals surface area contributed by atoms with E-state index in [0.29, 0.717) is 52.8 Å². The summed E-state index contributed by atoms with van der Waals surface area (Å²) in [7, 11) is 1.45. The van der Waals surface area contributed by atoms with Gasteiger partial charge < -0.3 is 15.2 Å². The molecule has 38 heavy (non-hydrogen) atoms. The summed E-state index contributed by atoms with van der Waals surface area (Å²) >= 11 is 6.52. The predicted octanol–water partition coefficient (Wildman–Crippen LogP) is 4.97. The van der Waals surface area contributed by atoms with Gasteiger partial charge in [-0.25, -0.2) is 9.37 Å². The minimum Gasteiger partial charge on any atom is -0.496 e. The first-order chi connectivity index (χ1) is 18.3. The summed E-state index contributed by atoms with van der Waals surface area (Å²) in [5, 5.41) is 0.581. The smallest absolute Gasteiger partial charge is 0.247 e. The number of hydrogen-bond acceptors (Lipinski definition) is 7. The van der Waals surface area contributed by atoms with Gasteiger partial charge in [0.2, 0.25) is 17.7 Å². The highest BCUT2D eigenvalue weighted by Gasteiger charge is 2.57. The number of nitrogens with two attached hydrogens (primary N) is 1. The predicted molar refractivity (Wildman–Crippen MR) is 137 cm³/mol. The third-order valence-electron chi connectivity index (χ3n) is 6.36. The molecule has 0 spiro atoms. The number of aromatic nitrogens is 2. The van der Waals surface area contributed by atoms with Gasteiger partial charge >= 0.3 is 0 Å². The Kier molecular flexibility index (Phi) is 6.41. The fraction of sp³-hybridized carbons (Fsp3) is 0.148. The Balaban J connectivity index is 1.53. The first kappa shape index (κ1) is 25.1. The largest absolute Gasteiger partial charge is 0.496 e. The zero-order chi connectivity index (χ0) is 27.0. The van der Waals surface area contributed by atoms with E-state index in [0.717, 1.165) is 0 Å². The maximum atomic E-state index is 13.6. The van der Waals surface area contributed by atoms with Gasteiger partial charge in [-0.3, -0.25) is 24.3 Å². The van der Waals surface area contributed by atoms with Crippen LogP contribution in [-0.4, -0.2) is 35.2 Å². The number of halogens is 2. The molecule has 9 nitrogen and oxygen atoms in total. The lowest BCUT2D eigenvalue weighted by Crippen LogP contribution is -2.41. The first-order valence-corrected chi connectivity index (χ1v) is 11.8. The number of fused-ring (bicyclic) bond motifs is 1. The maximum Gasteiger partial charge on any atom is 0.247 e. The molecule has 1 fully saturated rings. The number of hydrogen-bond donors (Lipinski definition) is 1. The lowest BCUT2D eigenvalue weighted by atomic mass is 10.0. The molecule has 1 saturated carbocycles. The highest BCUT2D eigenvalue weighted by molar-refractivity contribution is 6.32. The number of ether oxygens (including phenoxy) is 2. The van der Waals surface area contributed by atoms with E-state index in [9.17, 15) is 18.8 Å². The molecule has 0 unspecified atom stereocenters. The van der Waals surface area contributed by atoms with Gasteiger partial charge in [-0.1, -0.05) is 11.6 Å². The molecular weight excluding hydrogens is 515 g/mol. The van der Waals surface area contributed by atoms with Crippen molar-refractivity contribution in [3.63, 3.8) is 0 Å². The van der Waals surface area contributed by atoms with Crippen LogP contribution in [0.2, 0.25) is 5.02 Å². The van der Waals surface area contributed by atoms with Gasteiger partial charge in [0, 0.05) is 23.3 Å². The van der Waals surface area contributed by atoms with Crippen molar-refractivity contribution in [2.45, 2.75) is 12.8 Å². The molecule has 2 heterocycles. The molecule has 0 bridgehead atoms. The number of anilines is 2. The molecule has 4 aromatic rings. The molecule has 0 radical (unpaired) electrons. The quantitative estimate of drug-likeness (QED) is 0.250. The molecule has 0 saturated heterocycles. The van der Waals surface area contributed by atoms with Crippen molar-refractivity contribution in [1.82, 2.24) is 9.97 Å². The maximum absolute atomic E-state index is 13.6. The van der Waals surface area contributed by atoms with E-state index >= 15 is 0 Å². The number of primary amides is 1. The van der Waals surface area contributed by atoms with Crippen molar-refractivity contribution in [2.75, 3.05) is 12.0 Å². The number of carbonyl (C=O) groups excluding carboxylic acids is 3. The SMILES string of the molecule is COc1cc2nccc(Oc3ncc(N(C(=O)C4(C(N)=O)CC4)c4ccc(F)cc4)cc3Cl)c2cc1C=O. The van der Waals surface area contributed by atoms with Gasteiger partial charge in [-0.2, -0.15) is 0 Å². The Hall–Kier alpha value is -4.57. The lowest BCUT2D eigenvalue weighted by molar-refractivity contribution is -0.133. The standard InChI is InChI=1S/C27H20ClFN4O5/c1-37-23-12-21-19(10-15(23)14-34)22(6-9-31-21)38-24-20(28)11-18(13-32-24)33(17-4-2-16(29)3-5-17)26(36)27(7-8-27)25(30)35/h2-6,9-14H,7-8H2,1H3,(H2,30,35). The number of amides is 2. The summed E-state index contributed by atoms with van der Waals surface area (Å²) < 4.78 is 24.8. The second kappa shape index (κ2) is 9.71. The molecule has 2 aromatic heterocycles. The van der Waals surface area contributed by atoms with Crippen molar-refractivity contribution >= 4 is 52.0 Å². The highest BCUT2D eigenvalue weighted by Crippen LogP contribution is 2.49. The number of carbonyl (C=O) groups is 3. The van der Waals surface area contributed by atoms with E-state index in [1.807, 2.05) is 0 Å². The molecule has 1 aliphatic carbocycles. The second-order valence-electron chi connectivity index (χ2n) is 8.68. The molecule has 5 rings (SSSR count). The van der Waals surface area contributed by atoms with Gasteiger partial charge in [0.05, 0.1) is 30.1 Å². The zero-order valence-electron chi connectivity index (χ0n) is 20.0. The third kappa shape index (κ3) is 4.39. The minimum absolute atomic E-state index is 0.0222. The van der Waals surface area contributed by atoms with Crippen LogP contribution in [-0.2, 0) is 9.59 Å². The van der Waals surface area contributed by atoms with Crippen molar-refractivity contribution in [3.05, 3.63) is 77.3 Å². The van der Waals surface area contributed by atoms with E-state index in [2.05, 4.69) is 9.97 Å². The summed E-state index contributed by atoms with van der Waals surface area (Å²) in [5.74, 6) is -1.05. The minimum atomic E-state index is -1.34. The average Bonchev–Trinajstić information content (AvgIpc) is 3.73. The number of nitrogens with zero attached hydrogens (tertiary/aromatic N) is 3. The van der Waals surface area contributed by atoms with Gasteiger partial charge in [0.25, 0.3) is 0 Å². The lowest BCUT2D eigenvalue weighted by Gasteiger charge is -2.26. The van der Waals surface area contributed by atoms with Crippen molar-refractivity contribution in [2.24, 2.45) is 11.1 Å². The van der Waals surface area contributed by atoms with E-state index in [1.54, 1.807) is 18.2 Å². The van der Waals surface area contributed by atoms with E-state index in [4.69, 9.17) is 26.8 Å². The highest BCUT2D eigenvalue weighted by atomic mass is 35.5. The van der Waals surface area contributed by atoms with E-state index < -0.39 is 23.0 Å². The summed E-state index contributed by atoms with van der Waals surface area (Å²) in [6.45, 7) is 0. The summed E-state index contributed by atoms with van der Waals surface area (Å²) in [5.41, 5.74) is 5.57. The van der Waals surface area contributed by atoms with Crippen LogP contribution < -0.4 is 20.1 Å². The number of methoxy groups -OCH3 is 1. The average molecular weight is 535 g/mol. The molecule has 11 heteroatoms. The summed E-state index contributed by atoms with van der Waals surface area (Å²) in [6.07, 6.45) is 4.15. The number of rotatable bonds is 8.